The van der Waals surface area contributed by atoms with E-state index in [9.17, 15) is 4.79 Å². The molecule has 1 aromatic heterocycles. The van der Waals surface area contributed by atoms with E-state index in [2.05, 4.69) is 0 Å². The lowest BCUT2D eigenvalue weighted by Crippen LogP contribution is -1.86. The molecule has 0 aliphatic rings. The molecule has 0 spiro atoms. The maximum absolute atomic E-state index is 11.1. The molecule has 0 radical (unpaired) electrons. The van der Waals surface area contributed by atoms with Crippen molar-refractivity contribution in [2.24, 2.45) is 0 Å². The zero-order valence-electron chi connectivity index (χ0n) is 9.08. The molecule has 2 nitrogen and oxygen atoms in total. The smallest absolute Gasteiger partial charge is 0.194 e. The van der Waals surface area contributed by atoms with Gasteiger partial charge in [-0.15, -0.1) is 0 Å². The van der Waals surface area contributed by atoms with Crippen molar-refractivity contribution in [2.75, 3.05) is 0 Å². The van der Waals surface area contributed by atoms with Gasteiger partial charge in [-0.1, -0.05) is 17.7 Å². The third kappa shape index (κ3) is 2.02. The van der Waals surface area contributed by atoms with E-state index in [-0.39, 0.29) is 5.78 Å². The van der Waals surface area contributed by atoms with Crippen molar-refractivity contribution in [3.05, 3.63) is 46.7 Å². The van der Waals surface area contributed by atoms with Crippen LogP contribution in [-0.4, -0.2) is 5.78 Å². The molecule has 0 saturated heterocycles. The second-order valence-corrected chi connectivity index (χ2v) is 4.12. The first-order valence-corrected chi connectivity index (χ1v) is 5.33. The molecule has 0 aliphatic heterocycles. The van der Waals surface area contributed by atoms with Crippen LogP contribution >= 0.6 is 11.6 Å². The summed E-state index contributed by atoms with van der Waals surface area (Å²) in [5.74, 6) is 0.963. The van der Waals surface area contributed by atoms with Gasteiger partial charge in [-0.3, -0.25) is 4.79 Å². The van der Waals surface area contributed by atoms with Crippen LogP contribution in [-0.2, 0) is 0 Å². The highest BCUT2D eigenvalue weighted by atomic mass is 35.5. The molecule has 1 heterocycles. The molecule has 0 aliphatic carbocycles. The van der Waals surface area contributed by atoms with E-state index in [1.807, 2.05) is 25.1 Å². The molecule has 0 N–H and O–H groups in total. The summed E-state index contributed by atoms with van der Waals surface area (Å²) in [6, 6.07) is 9.05. The number of furan rings is 1. The van der Waals surface area contributed by atoms with Crippen LogP contribution in [0.4, 0.5) is 0 Å². The molecule has 0 bridgehead atoms. The maximum atomic E-state index is 11.1. The fourth-order valence-electron chi connectivity index (χ4n) is 1.53. The second kappa shape index (κ2) is 4.14. The van der Waals surface area contributed by atoms with Crippen molar-refractivity contribution < 1.29 is 9.21 Å². The first-order chi connectivity index (χ1) is 7.58. The molecule has 0 saturated carbocycles. The Labute approximate surface area is 98.8 Å². The van der Waals surface area contributed by atoms with Crippen LogP contribution in [0.3, 0.4) is 0 Å². The minimum Gasteiger partial charge on any atom is -0.453 e. The fourth-order valence-corrected chi connectivity index (χ4v) is 1.70. The van der Waals surface area contributed by atoms with Crippen LogP contribution in [0.25, 0.3) is 11.3 Å². The van der Waals surface area contributed by atoms with Gasteiger partial charge in [0.2, 0.25) is 0 Å². The number of carbonyl (C=O) groups excluding carboxylic acids is 1. The van der Waals surface area contributed by atoms with Gasteiger partial charge in [-0.25, -0.2) is 0 Å². The lowest BCUT2D eigenvalue weighted by Gasteiger charge is -2.02. The predicted molar refractivity (Wildman–Crippen MR) is 63.9 cm³/mol. The minimum absolute atomic E-state index is 0.0778. The Balaban J connectivity index is 2.50. The van der Waals surface area contributed by atoms with Crippen LogP contribution < -0.4 is 0 Å². The summed E-state index contributed by atoms with van der Waals surface area (Å²) < 4.78 is 5.46. The Morgan fingerprint density at radius 2 is 2.00 bits per heavy atom. The molecule has 0 atom stereocenters. The number of Topliss-reactive ketones (excluding diaryl/α,β-unsaturated/α-hetero) is 1. The monoisotopic (exact) mass is 234 g/mol. The summed E-state index contributed by atoms with van der Waals surface area (Å²) in [7, 11) is 0. The van der Waals surface area contributed by atoms with Crippen LogP contribution in [0.2, 0.25) is 5.02 Å². The van der Waals surface area contributed by atoms with Gasteiger partial charge in [0.1, 0.15) is 5.76 Å². The summed E-state index contributed by atoms with van der Waals surface area (Å²) in [5, 5.41) is 0.654. The molecule has 1 aromatic carbocycles. The van der Waals surface area contributed by atoms with Crippen molar-refractivity contribution in [3.8, 4) is 11.3 Å². The van der Waals surface area contributed by atoms with Gasteiger partial charge in [0.25, 0.3) is 0 Å². The molecule has 16 heavy (non-hydrogen) atoms. The highest BCUT2D eigenvalue weighted by Crippen LogP contribution is 2.28. The lowest BCUT2D eigenvalue weighted by atomic mass is 10.1. The van der Waals surface area contributed by atoms with E-state index in [0.29, 0.717) is 16.5 Å². The lowest BCUT2D eigenvalue weighted by molar-refractivity contribution is 0.0988. The fraction of sp³-hybridized carbons (Fsp3) is 0.154. The largest absolute Gasteiger partial charge is 0.453 e. The summed E-state index contributed by atoms with van der Waals surface area (Å²) in [5.41, 5.74) is 1.98. The standard InChI is InChI=1S/C13H11ClO2/c1-8-3-4-10(14)7-11(8)13-6-5-12(16-13)9(2)15/h3-7H,1-2H3. The zero-order chi connectivity index (χ0) is 11.7. The number of hydrogen-bond acceptors (Lipinski definition) is 2. The Hall–Kier alpha value is -1.54. The Morgan fingerprint density at radius 1 is 1.25 bits per heavy atom. The van der Waals surface area contributed by atoms with Crippen LogP contribution in [0.5, 0.6) is 0 Å². The topological polar surface area (TPSA) is 30.2 Å². The molecule has 2 aromatic rings. The van der Waals surface area contributed by atoms with Gasteiger partial charge in [0.15, 0.2) is 11.5 Å². The van der Waals surface area contributed by atoms with E-state index in [1.54, 1.807) is 12.1 Å². The van der Waals surface area contributed by atoms with Gasteiger partial charge < -0.3 is 4.42 Å². The van der Waals surface area contributed by atoms with Crippen LogP contribution in [0.15, 0.2) is 34.7 Å². The van der Waals surface area contributed by atoms with E-state index >= 15 is 0 Å². The highest BCUT2D eigenvalue weighted by Gasteiger charge is 2.10. The third-order valence-corrected chi connectivity index (χ3v) is 2.65. The summed E-state index contributed by atoms with van der Waals surface area (Å²) in [6.45, 7) is 3.45. The number of carbonyl (C=O) groups is 1. The number of aryl methyl sites for hydroxylation is 1. The number of halogens is 1. The Kier molecular flexibility index (Phi) is 2.84. The molecule has 2 rings (SSSR count). The molecule has 3 heteroatoms. The maximum Gasteiger partial charge on any atom is 0.194 e. The van der Waals surface area contributed by atoms with Gasteiger partial charge in [0.05, 0.1) is 0 Å². The first-order valence-electron chi connectivity index (χ1n) is 4.95. The average molecular weight is 235 g/mol. The first kappa shape index (κ1) is 11.0. The molecular weight excluding hydrogens is 224 g/mol. The molecular formula is C13H11ClO2. The SMILES string of the molecule is CC(=O)c1ccc(-c2cc(Cl)ccc2C)o1. The number of rotatable bonds is 2. The number of hydrogen-bond donors (Lipinski definition) is 0. The van der Waals surface area contributed by atoms with E-state index in [1.165, 1.54) is 6.92 Å². The van der Waals surface area contributed by atoms with E-state index in [4.69, 9.17) is 16.0 Å². The quantitative estimate of drug-likeness (QED) is 0.732. The van der Waals surface area contributed by atoms with Crippen molar-refractivity contribution in [1.82, 2.24) is 0 Å². The van der Waals surface area contributed by atoms with Crippen molar-refractivity contribution in [1.29, 1.82) is 0 Å². The van der Waals surface area contributed by atoms with Gasteiger partial charge in [0, 0.05) is 17.5 Å². The third-order valence-electron chi connectivity index (χ3n) is 2.42. The van der Waals surface area contributed by atoms with E-state index < -0.39 is 0 Å². The van der Waals surface area contributed by atoms with Crippen molar-refractivity contribution >= 4 is 17.4 Å². The van der Waals surface area contributed by atoms with Gasteiger partial charge >= 0.3 is 0 Å². The normalized spacial score (nSPS) is 10.4. The number of benzene rings is 1. The van der Waals surface area contributed by atoms with Gasteiger partial charge in [-0.2, -0.15) is 0 Å². The van der Waals surface area contributed by atoms with Crippen LogP contribution in [0.1, 0.15) is 23.0 Å². The average Bonchev–Trinajstić information content (AvgIpc) is 2.70. The minimum atomic E-state index is -0.0778. The van der Waals surface area contributed by atoms with Crippen molar-refractivity contribution in [3.63, 3.8) is 0 Å². The second-order valence-electron chi connectivity index (χ2n) is 3.68. The molecule has 0 fully saturated rings. The Bertz CT molecular complexity index is 541. The predicted octanol–water partition coefficient (Wildman–Crippen LogP) is 4.11. The van der Waals surface area contributed by atoms with Crippen LogP contribution in [0, 0.1) is 6.92 Å². The molecule has 0 unspecified atom stereocenters. The summed E-state index contributed by atoms with van der Waals surface area (Å²) in [6.07, 6.45) is 0. The van der Waals surface area contributed by atoms with Crippen molar-refractivity contribution in [2.45, 2.75) is 13.8 Å². The highest BCUT2D eigenvalue weighted by molar-refractivity contribution is 6.30. The Morgan fingerprint density at radius 3 is 2.62 bits per heavy atom. The summed E-state index contributed by atoms with van der Waals surface area (Å²) in [4.78, 5) is 11.1. The van der Waals surface area contributed by atoms with E-state index in [0.717, 1.165) is 11.1 Å². The zero-order valence-corrected chi connectivity index (χ0v) is 9.84. The molecule has 0 amide bonds. The summed E-state index contributed by atoms with van der Waals surface area (Å²) >= 11 is 5.93. The number of ketones is 1. The molecule has 82 valence electrons. The van der Waals surface area contributed by atoms with Gasteiger partial charge in [-0.05, 0) is 36.8 Å².